The van der Waals surface area contributed by atoms with Crippen LogP contribution in [0, 0.1) is 5.82 Å². The summed E-state index contributed by atoms with van der Waals surface area (Å²) in [5.74, 6) is 0.374. The summed E-state index contributed by atoms with van der Waals surface area (Å²) in [5, 5.41) is 11.0. The van der Waals surface area contributed by atoms with Crippen molar-refractivity contribution in [1.82, 2.24) is 10.2 Å². The van der Waals surface area contributed by atoms with E-state index in [0.29, 0.717) is 5.75 Å². The van der Waals surface area contributed by atoms with Crippen LogP contribution < -0.4 is 15.0 Å². The third-order valence-electron chi connectivity index (χ3n) is 4.75. The van der Waals surface area contributed by atoms with Gasteiger partial charge in [0.15, 0.2) is 6.10 Å². The van der Waals surface area contributed by atoms with Crippen molar-refractivity contribution in [2.75, 3.05) is 42.3 Å². The average molecular weight is 459 g/mol. The number of hydrogen-bond acceptors (Lipinski definition) is 8. The largest absolute Gasteiger partial charge is 0.481 e. The summed E-state index contributed by atoms with van der Waals surface area (Å²) in [5.41, 5.74) is 1.83. The van der Waals surface area contributed by atoms with Gasteiger partial charge in [-0.2, -0.15) is 0 Å². The number of nitrogens with one attached hydrogen (secondary N) is 1. The van der Waals surface area contributed by atoms with E-state index in [1.807, 2.05) is 24.3 Å². The fourth-order valence-electron chi connectivity index (χ4n) is 3.11. The first kappa shape index (κ1) is 22.1. The zero-order valence-corrected chi connectivity index (χ0v) is 18.3. The molecule has 32 heavy (non-hydrogen) atoms. The Morgan fingerprint density at radius 1 is 1.16 bits per heavy atom. The lowest BCUT2D eigenvalue weighted by molar-refractivity contribution is -0.113. The molecule has 3 aromatic rings. The van der Waals surface area contributed by atoms with Crippen LogP contribution in [-0.2, 0) is 9.53 Å². The van der Waals surface area contributed by atoms with Crippen molar-refractivity contribution in [3.05, 3.63) is 60.2 Å². The number of anilines is 2. The molecule has 2 aromatic carbocycles. The Morgan fingerprint density at radius 3 is 2.59 bits per heavy atom. The van der Waals surface area contributed by atoms with Crippen LogP contribution in [0.1, 0.15) is 18.9 Å². The molecular formula is C22H23FN4O4S. The second-order valence-corrected chi connectivity index (χ2v) is 8.03. The molecule has 10 heteroatoms. The summed E-state index contributed by atoms with van der Waals surface area (Å²) in [6, 6.07) is 13.4. The molecular weight excluding hydrogens is 435 g/mol. The van der Waals surface area contributed by atoms with Gasteiger partial charge in [-0.15, -0.1) is 10.2 Å². The van der Waals surface area contributed by atoms with Crippen molar-refractivity contribution in [1.29, 1.82) is 0 Å². The quantitative estimate of drug-likeness (QED) is 0.508. The number of nitrogens with zero attached hydrogens (tertiary/aromatic N) is 3. The van der Waals surface area contributed by atoms with Crippen molar-refractivity contribution >= 4 is 29.0 Å². The van der Waals surface area contributed by atoms with Crippen molar-refractivity contribution in [2.24, 2.45) is 0 Å². The van der Waals surface area contributed by atoms with Crippen molar-refractivity contribution in [3.63, 3.8) is 0 Å². The third kappa shape index (κ3) is 5.98. The predicted octanol–water partition coefficient (Wildman–Crippen LogP) is 3.92. The summed E-state index contributed by atoms with van der Waals surface area (Å²) in [4.78, 5) is 14.5. The summed E-state index contributed by atoms with van der Waals surface area (Å²) < 4.78 is 29.6. The van der Waals surface area contributed by atoms with Crippen LogP contribution in [0.25, 0.3) is 0 Å². The number of halogens is 1. The minimum atomic E-state index is -0.513. The first-order valence-corrected chi connectivity index (χ1v) is 11.2. The topological polar surface area (TPSA) is 89.7 Å². The minimum absolute atomic E-state index is 0.125. The maximum Gasteiger partial charge on any atom is 0.277 e. The van der Waals surface area contributed by atoms with Crippen LogP contribution in [0.5, 0.6) is 5.75 Å². The molecule has 0 radical (unpaired) electrons. The molecule has 1 amide bonds. The number of ether oxygens (including phenoxy) is 2. The van der Waals surface area contributed by atoms with E-state index in [2.05, 4.69) is 20.4 Å². The summed E-state index contributed by atoms with van der Waals surface area (Å²) in [6.07, 6.45) is -0.513. The number of morpholine rings is 1. The Balaban J connectivity index is 1.24. The van der Waals surface area contributed by atoms with Gasteiger partial charge in [-0.1, -0.05) is 11.8 Å². The van der Waals surface area contributed by atoms with Gasteiger partial charge in [0.25, 0.3) is 11.1 Å². The highest BCUT2D eigenvalue weighted by Crippen LogP contribution is 2.24. The fraction of sp³-hybridized carbons (Fsp3) is 0.318. The molecule has 0 unspecified atom stereocenters. The Kier molecular flexibility index (Phi) is 7.23. The fourth-order valence-corrected chi connectivity index (χ4v) is 3.68. The van der Waals surface area contributed by atoms with Crippen molar-refractivity contribution in [3.8, 4) is 5.75 Å². The molecule has 0 aliphatic carbocycles. The number of benzene rings is 2. The lowest BCUT2D eigenvalue weighted by Gasteiger charge is -2.28. The first-order valence-electron chi connectivity index (χ1n) is 10.2. The van der Waals surface area contributed by atoms with Crippen LogP contribution >= 0.6 is 11.8 Å². The highest BCUT2D eigenvalue weighted by molar-refractivity contribution is 7.99. The van der Waals surface area contributed by atoms with Crippen LogP contribution in [0.15, 0.2) is 58.2 Å². The van der Waals surface area contributed by atoms with Gasteiger partial charge in [-0.05, 0) is 55.5 Å². The molecule has 4 rings (SSSR count). The van der Waals surface area contributed by atoms with Crippen LogP contribution in [0.4, 0.5) is 15.8 Å². The van der Waals surface area contributed by atoms with E-state index in [-0.39, 0.29) is 28.6 Å². The zero-order valence-electron chi connectivity index (χ0n) is 17.5. The van der Waals surface area contributed by atoms with Gasteiger partial charge in [-0.25, -0.2) is 4.39 Å². The molecule has 1 fully saturated rings. The smallest absolute Gasteiger partial charge is 0.277 e. The second kappa shape index (κ2) is 10.5. The molecule has 1 aromatic heterocycles. The number of amides is 1. The minimum Gasteiger partial charge on any atom is -0.481 e. The molecule has 0 bridgehead atoms. The Labute approximate surface area is 189 Å². The van der Waals surface area contributed by atoms with Gasteiger partial charge >= 0.3 is 0 Å². The molecule has 1 N–H and O–H groups in total. The number of aromatic nitrogens is 2. The average Bonchev–Trinajstić information content (AvgIpc) is 3.30. The number of thioether (sulfide) groups is 1. The SMILES string of the molecule is C[C@H](Oc1ccc(F)cc1)c1nnc(SCC(=O)Nc2ccc(N3CCOCC3)cc2)o1. The molecule has 168 valence electrons. The molecule has 2 heterocycles. The Morgan fingerprint density at radius 2 is 1.88 bits per heavy atom. The molecule has 8 nitrogen and oxygen atoms in total. The van der Waals surface area contributed by atoms with Gasteiger partial charge in [0.05, 0.1) is 19.0 Å². The molecule has 1 aliphatic heterocycles. The van der Waals surface area contributed by atoms with Gasteiger partial charge in [0, 0.05) is 24.5 Å². The van der Waals surface area contributed by atoms with E-state index in [4.69, 9.17) is 13.9 Å². The predicted molar refractivity (Wildman–Crippen MR) is 119 cm³/mol. The maximum absolute atomic E-state index is 13.0. The van der Waals surface area contributed by atoms with Crippen LogP contribution in [0.3, 0.4) is 0 Å². The molecule has 0 spiro atoms. The van der Waals surface area contributed by atoms with Crippen molar-refractivity contribution in [2.45, 2.75) is 18.3 Å². The maximum atomic E-state index is 13.0. The summed E-state index contributed by atoms with van der Waals surface area (Å²) in [7, 11) is 0. The lowest BCUT2D eigenvalue weighted by Crippen LogP contribution is -2.36. The molecule has 1 aliphatic rings. The third-order valence-corrected chi connectivity index (χ3v) is 5.57. The normalized spacial score (nSPS) is 14.8. The van der Waals surface area contributed by atoms with E-state index < -0.39 is 6.10 Å². The number of carbonyl (C=O) groups is 1. The lowest BCUT2D eigenvalue weighted by atomic mass is 10.2. The standard InChI is InChI=1S/C22H23FN4O4S/c1-15(30-19-8-2-16(23)3-9-19)21-25-26-22(31-21)32-14-20(28)24-17-4-6-18(7-5-17)27-10-12-29-13-11-27/h2-9,15H,10-14H2,1H3,(H,24,28)/t15-/m0/s1. The Hall–Kier alpha value is -3.11. The van der Waals surface area contributed by atoms with E-state index in [9.17, 15) is 9.18 Å². The number of carbonyl (C=O) groups excluding carboxylic acids is 1. The van der Waals surface area contributed by atoms with E-state index in [0.717, 1.165) is 49.4 Å². The molecule has 1 saturated heterocycles. The van der Waals surface area contributed by atoms with E-state index in [1.165, 1.54) is 24.3 Å². The summed E-state index contributed by atoms with van der Waals surface area (Å²) in [6.45, 7) is 4.93. The van der Waals surface area contributed by atoms with Crippen molar-refractivity contribution < 1.29 is 23.1 Å². The van der Waals surface area contributed by atoms with Gasteiger partial charge in [0.1, 0.15) is 11.6 Å². The second-order valence-electron chi connectivity index (χ2n) is 7.10. The van der Waals surface area contributed by atoms with Crippen LogP contribution in [-0.4, -0.2) is 48.2 Å². The Bertz CT molecular complexity index is 1020. The zero-order chi connectivity index (χ0) is 22.3. The van der Waals surface area contributed by atoms with Gasteiger partial charge < -0.3 is 24.1 Å². The van der Waals surface area contributed by atoms with Gasteiger partial charge in [-0.3, -0.25) is 4.79 Å². The highest BCUT2D eigenvalue weighted by Gasteiger charge is 2.17. The number of hydrogen-bond donors (Lipinski definition) is 1. The summed E-state index contributed by atoms with van der Waals surface area (Å²) >= 11 is 1.14. The molecule has 0 saturated carbocycles. The molecule has 1 atom stereocenters. The van der Waals surface area contributed by atoms with E-state index in [1.54, 1.807) is 6.92 Å². The number of rotatable bonds is 8. The highest BCUT2D eigenvalue weighted by atomic mass is 32.2. The van der Waals surface area contributed by atoms with Crippen LogP contribution in [0.2, 0.25) is 0 Å². The first-order chi connectivity index (χ1) is 15.6. The van der Waals surface area contributed by atoms with E-state index >= 15 is 0 Å². The monoisotopic (exact) mass is 458 g/mol. The van der Waals surface area contributed by atoms with Gasteiger partial charge in [0.2, 0.25) is 5.91 Å².